The molecule has 3 rings (SSSR count). The third-order valence-electron chi connectivity index (χ3n) is 4.21. The van der Waals surface area contributed by atoms with Crippen LogP contribution in [-0.2, 0) is 11.2 Å². The normalized spacial score (nSPS) is 31.4. The number of aryl methyl sites for hydroxylation is 1. The average Bonchev–Trinajstić information content (AvgIpc) is 2.80. The van der Waals surface area contributed by atoms with E-state index in [-0.39, 0.29) is 18.8 Å². The lowest BCUT2D eigenvalue weighted by Gasteiger charge is -2.39. The number of aliphatic hydroxyl groups is 1. The van der Waals surface area contributed by atoms with Crippen LogP contribution in [0, 0.1) is 0 Å². The van der Waals surface area contributed by atoms with Crippen LogP contribution in [0.4, 0.5) is 5.69 Å². The number of benzene rings is 1. The minimum Gasteiger partial charge on any atom is -0.399 e. The molecular formula is C15H22N2O2. The van der Waals surface area contributed by atoms with E-state index < -0.39 is 0 Å². The molecule has 19 heavy (non-hydrogen) atoms. The first-order chi connectivity index (χ1) is 9.17. The molecule has 3 unspecified atom stereocenters. The van der Waals surface area contributed by atoms with Gasteiger partial charge in [0.1, 0.15) is 0 Å². The summed E-state index contributed by atoms with van der Waals surface area (Å²) in [5, 5.41) is 9.33. The second-order valence-corrected chi connectivity index (χ2v) is 5.72. The molecule has 4 nitrogen and oxygen atoms in total. The molecule has 3 N–H and O–H groups in total. The van der Waals surface area contributed by atoms with Gasteiger partial charge in [-0.3, -0.25) is 4.90 Å². The minimum atomic E-state index is -0.0541. The zero-order chi connectivity index (χ0) is 13.4. The number of hydrogen-bond donors (Lipinski definition) is 2. The maximum absolute atomic E-state index is 9.33. The van der Waals surface area contributed by atoms with Gasteiger partial charge >= 0.3 is 0 Å². The van der Waals surface area contributed by atoms with Crippen LogP contribution in [0.2, 0.25) is 0 Å². The van der Waals surface area contributed by atoms with Crippen molar-refractivity contribution in [3.63, 3.8) is 0 Å². The number of ether oxygens (including phenoxy) is 1. The number of rotatable bonds is 2. The minimum absolute atomic E-state index is 0.0541. The third kappa shape index (κ3) is 2.48. The average molecular weight is 262 g/mol. The fourth-order valence-electron chi connectivity index (χ4n) is 3.43. The molecule has 2 aliphatic rings. The van der Waals surface area contributed by atoms with Crippen molar-refractivity contribution in [2.24, 2.45) is 0 Å². The highest BCUT2D eigenvalue weighted by atomic mass is 16.5. The lowest BCUT2D eigenvalue weighted by atomic mass is 10.0. The second-order valence-electron chi connectivity index (χ2n) is 5.72. The Hall–Kier alpha value is -1.10. The van der Waals surface area contributed by atoms with Crippen LogP contribution in [0.5, 0.6) is 0 Å². The van der Waals surface area contributed by atoms with Crippen LogP contribution in [0.25, 0.3) is 0 Å². The molecule has 0 saturated carbocycles. The summed E-state index contributed by atoms with van der Waals surface area (Å²) in [7, 11) is 0. The van der Waals surface area contributed by atoms with Gasteiger partial charge in [-0.25, -0.2) is 0 Å². The number of nitrogens with zero attached hydrogens (tertiary/aromatic N) is 1. The Morgan fingerprint density at radius 1 is 1.42 bits per heavy atom. The number of hydrogen-bond acceptors (Lipinski definition) is 4. The summed E-state index contributed by atoms with van der Waals surface area (Å²) >= 11 is 0. The largest absolute Gasteiger partial charge is 0.399 e. The van der Waals surface area contributed by atoms with Crippen molar-refractivity contribution in [1.29, 1.82) is 0 Å². The summed E-state index contributed by atoms with van der Waals surface area (Å²) in [6, 6.07) is 6.71. The molecule has 0 spiro atoms. The molecule has 1 aromatic rings. The molecule has 1 aromatic carbocycles. The Labute approximate surface area is 114 Å². The van der Waals surface area contributed by atoms with Gasteiger partial charge in [-0.05, 0) is 43.0 Å². The van der Waals surface area contributed by atoms with Gasteiger partial charge in [0.05, 0.1) is 18.8 Å². The van der Waals surface area contributed by atoms with Crippen LogP contribution in [0.3, 0.4) is 0 Å². The molecule has 0 aromatic heterocycles. The van der Waals surface area contributed by atoms with Gasteiger partial charge in [-0.1, -0.05) is 6.07 Å². The van der Waals surface area contributed by atoms with E-state index in [0.29, 0.717) is 6.04 Å². The first-order valence-electron chi connectivity index (χ1n) is 7.06. The van der Waals surface area contributed by atoms with E-state index in [0.717, 1.165) is 31.6 Å². The van der Waals surface area contributed by atoms with Gasteiger partial charge in [-0.15, -0.1) is 0 Å². The Morgan fingerprint density at radius 2 is 2.26 bits per heavy atom. The predicted octanol–water partition coefficient (Wildman–Crippen LogP) is 1.34. The molecule has 104 valence electrons. The predicted molar refractivity (Wildman–Crippen MR) is 74.9 cm³/mol. The summed E-state index contributed by atoms with van der Waals surface area (Å²) in [5.41, 5.74) is 9.49. The first-order valence-corrected chi connectivity index (χ1v) is 7.06. The van der Waals surface area contributed by atoms with Crippen LogP contribution >= 0.6 is 0 Å². The van der Waals surface area contributed by atoms with Crippen molar-refractivity contribution in [2.45, 2.75) is 38.0 Å². The maximum atomic E-state index is 9.33. The Bertz CT molecular complexity index is 463. The van der Waals surface area contributed by atoms with E-state index >= 15 is 0 Å². The number of fused-ring (bicyclic) bond motifs is 1. The van der Waals surface area contributed by atoms with Crippen LogP contribution in [0.15, 0.2) is 18.2 Å². The second kappa shape index (κ2) is 5.12. The van der Waals surface area contributed by atoms with E-state index in [1.807, 2.05) is 6.07 Å². The lowest BCUT2D eigenvalue weighted by Crippen LogP contribution is -2.48. The fourth-order valence-corrected chi connectivity index (χ4v) is 3.43. The molecule has 0 radical (unpaired) electrons. The Morgan fingerprint density at radius 3 is 3.05 bits per heavy atom. The molecule has 0 bridgehead atoms. The van der Waals surface area contributed by atoms with E-state index in [2.05, 4.69) is 24.0 Å². The van der Waals surface area contributed by atoms with Crippen molar-refractivity contribution < 1.29 is 9.84 Å². The lowest BCUT2D eigenvalue weighted by molar-refractivity contribution is -0.106. The highest BCUT2D eigenvalue weighted by molar-refractivity contribution is 5.47. The highest BCUT2D eigenvalue weighted by Gasteiger charge is 2.33. The molecular weight excluding hydrogens is 240 g/mol. The maximum Gasteiger partial charge on any atom is 0.0936 e. The summed E-state index contributed by atoms with van der Waals surface area (Å²) in [4.78, 5) is 2.46. The van der Waals surface area contributed by atoms with Crippen molar-refractivity contribution in [2.75, 3.05) is 25.4 Å². The standard InChI is InChI=1S/C15H22N2O2/c1-10-7-17(8-13(9-18)19-10)15-5-2-11-6-12(16)3-4-14(11)15/h3-4,6,10,13,15,18H,2,5,7-9,16H2,1H3. The third-order valence-corrected chi connectivity index (χ3v) is 4.21. The van der Waals surface area contributed by atoms with Gasteiger partial charge in [0.15, 0.2) is 0 Å². The van der Waals surface area contributed by atoms with Crippen molar-refractivity contribution in [3.8, 4) is 0 Å². The zero-order valence-corrected chi connectivity index (χ0v) is 11.4. The molecule has 0 amide bonds. The smallest absolute Gasteiger partial charge is 0.0936 e. The van der Waals surface area contributed by atoms with E-state index in [9.17, 15) is 5.11 Å². The monoisotopic (exact) mass is 262 g/mol. The van der Waals surface area contributed by atoms with E-state index in [1.165, 1.54) is 11.1 Å². The van der Waals surface area contributed by atoms with Gasteiger partial charge < -0.3 is 15.6 Å². The van der Waals surface area contributed by atoms with Crippen LogP contribution in [0.1, 0.15) is 30.5 Å². The van der Waals surface area contributed by atoms with Crippen LogP contribution in [-0.4, -0.2) is 41.9 Å². The van der Waals surface area contributed by atoms with Gasteiger partial charge in [0.25, 0.3) is 0 Å². The topological polar surface area (TPSA) is 58.7 Å². The van der Waals surface area contributed by atoms with Gasteiger partial charge in [-0.2, -0.15) is 0 Å². The number of nitrogen functional groups attached to an aromatic ring is 1. The Kier molecular flexibility index (Phi) is 3.48. The zero-order valence-electron chi connectivity index (χ0n) is 11.4. The Balaban J connectivity index is 1.81. The molecule has 1 fully saturated rings. The molecule has 1 heterocycles. The summed E-state index contributed by atoms with van der Waals surface area (Å²) in [5.74, 6) is 0. The summed E-state index contributed by atoms with van der Waals surface area (Å²) in [6.45, 7) is 3.93. The summed E-state index contributed by atoms with van der Waals surface area (Å²) in [6.07, 6.45) is 2.37. The van der Waals surface area contributed by atoms with Gasteiger partial charge in [0, 0.05) is 24.8 Å². The number of nitrogens with two attached hydrogens (primary N) is 1. The fraction of sp³-hybridized carbons (Fsp3) is 0.600. The van der Waals surface area contributed by atoms with Crippen molar-refractivity contribution in [1.82, 2.24) is 4.90 Å². The summed E-state index contributed by atoms with van der Waals surface area (Å²) < 4.78 is 5.72. The SMILES string of the molecule is CC1CN(C2CCc3cc(N)ccc32)CC(CO)O1. The van der Waals surface area contributed by atoms with E-state index in [1.54, 1.807) is 0 Å². The van der Waals surface area contributed by atoms with Crippen molar-refractivity contribution in [3.05, 3.63) is 29.3 Å². The number of anilines is 1. The number of morpholine rings is 1. The number of aliphatic hydroxyl groups excluding tert-OH is 1. The van der Waals surface area contributed by atoms with Crippen molar-refractivity contribution >= 4 is 5.69 Å². The molecule has 3 atom stereocenters. The van der Waals surface area contributed by atoms with E-state index in [4.69, 9.17) is 10.5 Å². The molecule has 1 aliphatic carbocycles. The highest BCUT2D eigenvalue weighted by Crippen LogP contribution is 2.37. The van der Waals surface area contributed by atoms with Crippen LogP contribution < -0.4 is 5.73 Å². The van der Waals surface area contributed by atoms with Gasteiger partial charge in [0.2, 0.25) is 0 Å². The quantitative estimate of drug-likeness (QED) is 0.790. The first kappa shape index (κ1) is 12.9. The molecule has 4 heteroatoms. The molecule has 1 saturated heterocycles. The molecule has 1 aliphatic heterocycles.